The lowest BCUT2D eigenvalue weighted by atomic mass is 9.99. The van der Waals surface area contributed by atoms with E-state index < -0.39 is 0 Å². The predicted molar refractivity (Wildman–Crippen MR) is 261 cm³/mol. The molecule has 13 aromatic rings. The molecular weight excluding hydrogens is 767 g/mol. The van der Waals surface area contributed by atoms with Gasteiger partial charge in [0.1, 0.15) is 0 Å². The topological polar surface area (TPSA) is 40.6 Å². The zero-order chi connectivity index (χ0) is 41.4. The third kappa shape index (κ3) is 5.36. The van der Waals surface area contributed by atoms with Crippen LogP contribution in [0, 0.1) is 0 Å². The van der Waals surface area contributed by atoms with Gasteiger partial charge >= 0.3 is 0 Å². The Balaban J connectivity index is 1.22. The summed E-state index contributed by atoms with van der Waals surface area (Å²) < 4.78 is 7.32. The lowest BCUT2D eigenvalue weighted by molar-refractivity contribution is 1.15. The van der Waals surface area contributed by atoms with Gasteiger partial charge in [-0.25, -0.2) is 9.97 Å². The average Bonchev–Trinajstić information content (AvgIpc) is 4.00. The molecule has 0 fully saturated rings. The van der Waals surface area contributed by atoms with Gasteiger partial charge < -0.3 is 13.7 Å². The molecule has 0 atom stereocenters. The summed E-state index contributed by atoms with van der Waals surface area (Å²) in [6.07, 6.45) is 0. The summed E-state index contributed by atoms with van der Waals surface area (Å²) in [5.74, 6) is 0.679. The minimum Gasteiger partial charge on any atom is -0.309 e. The lowest BCUT2D eigenvalue weighted by Crippen LogP contribution is -2.02. The van der Waals surface area contributed by atoms with Gasteiger partial charge in [-0.15, -0.1) is 0 Å². The lowest BCUT2D eigenvalue weighted by Gasteiger charge is -2.17. The molecule has 63 heavy (non-hydrogen) atoms. The fourth-order valence-corrected chi connectivity index (χ4v) is 10.0. The highest BCUT2D eigenvalue weighted by atomic mass is 15.0. The summed E-state index contributed by atoms with van der Waals surface area (Å²) in [6.45, 7) is 0. The SMILES string of the molecule is c1ccc(-c2cc(-c3c(-n4c5ccccc5c5c4ccc4c6ccccc6n(-c6ccccc6)c45)ccc4c3c3ccccc3n4-c3ccccc3)nc(-c3ccccc3)n2)cc1. The highest BCUT2D eigenvalue weighted by Crippen LogP contribution is 2.47. The van der Waals surface area contributed by atoms with E-state index in [1.807, 2.05) is 6.07 Å². The standard InChI is InChI=1S/C58H37N5/c1-5-19-38(20-6-1)46-37-47(60-58(59-46)39-21-7-2-8-22-39)56-53(36-35-51-54(56)44-28-14-17-31-49(44)61(51)40-23-9-3-10-24-40)63-50-32-18-15-29-45(50)55-52(63)34-33-43-42-27-13-16-30-48(42)62(57(43)55)41-25-11-4-12-26-41/h1-37H. The van der Waals surface area contributed by atoms with E-state index in [1.54, 1.807) is 0 Å². The molecule has 0 aliphatic carbocycles. The molecule has 0 bridgehead atoms. The zero-order valence-electron chi connectivity index (χ0n) is 34.1. The van der Waals surface area contributed by atoms with Gasteiger partial charge in [0.15, 0.2) is 5.82 Å². The van der Waals surface area contributed by atoms with Crippen LogP contribution in [-0.2, 0) is 0 Å². The van der Waals surface area contributed by atoms with Crippen LogP contribution in [0.25, 0.3) is 116 Å². The summed E-state index contributed by atoms with van der Waals surface area (Å²) in [4.78, 5) is 10.8. The number of fused-ring (bicyclic) bond motifs is 10. The second kappa shape index (κ2) is 14.0. The van der Waals surface area contributed by atoms with Gasteiger partial charge in [0.05, 0.1) is 50.2 Å². The largest absolute Gasteiger partial charge is 0.309 e. The van der Waals surface area contributed by atoms with Crippen molar-refractivity contribution in [3.05, 3.63) is 224 Å². The number of nitrogens with zero attached hydrogens (tertiary/aromatic N) is 5. The van der Waals surface area contributed by atoms with Crippen LogP contribution in [0.3, 0.4) is 0 Å². The minimum atomic E-state index is 0.679. The third-order valence-electron chi connectivity index (χ3n) is 12.6. The first-order chi connectivity index (χ1) is 31.3. The molecule has 4 heterocycles. The molecule has 0 spiro atoms. The van der Waals surface area contributed by atoms with Crippen LogP contribution in [0.15, 0.2) is 224 Å². The van der Waals surface area contributed by atoms with Crippen molar-refractivity contribution in [1.82, 2.24) is 23.7 Å². The summed E-state index contributed by atoms with van der Waals surface area (Å²) in [5.41, 5.74) is 14.9. The van der Waals surface area contributed by atoms with Crippen molar-refractivity contribution >= 4 is 65.4 Å². The van der Waals surface area contributed by atoms with Crippen LogP contribution in [0.4, 0.5) is 0 Å². The Kier molecular flexibility index (Phi) is 7.84. The van der Waals surface area contributed by atoms with Crippen LogP contribution in [0.2, 0.25) is 0 Å². The first kappa shape index (κ1) is 35.2. The van der Waals surface area contributed by atoms with Gasteiger partial charge in [-0.1, -0.05) is 158 Å². The van der Waals surface area contributed by atoms with E-state index in [-0.39, 0.29) is 0 Å². The molecule has 0 saturated heterocycles. The Hall–Kier alpha value is -8.54. The molecule has 0 amide bonds. The van der Waals surface area contributed by atoms with Crippen molar-refractivity contribution in [2.75, 3.05) is 0 Å². The molecule has 0 N–H and O–H groups in total. The molecule has 0 unspecified atom stereocenters. The molecular formula is C58H37N5. The highest BCUT2D eigenvalue weighted by Gasteiger charge is 2.26. The van der Waals surface area contributed by atoms with E-state index in [9.17, 15) is 0 Å². The van der Waals surface area contributed by atoms with Gasteiger partial charge in [-0.2, -0.15) is 0 Å². The monoisotopic (exact) mass is 803 g/mol. The maximum atomic E-state index is 5.56. The number of aromatic nitrogens is 5. The summed E-state index contributed by atoms with van der Waals surface area (Å²) in [7, 11) is 0. The molecule has 294 valence electrons. The molecule has 5 heteroatoms. The van der Waals surface area contributed by atoms with Crippen LogP contribution >= 0.6 is 0 Å². The molecule has 4 aromatic heterocycles. The number of para-hydroxylation sites is 5. The Labute approximate surface area is 363 Å². The third-order valence-corrected chi connectivity index (χ3v) is 12.6. The van der Waals surface area contributed by atoms with Crippen LogP contribution in [0.1, 0.15) is 0 Å². The number of hydrogen-bond donors (Lipinski definition) is 0. The normalized spacial score (nSPS) is 11.8. The van der Waals surface area contributed by atoms with Gasteiger partial charge in [-0.3, -0.25) is 0 Å². The molecule has 5 nitrogen and oxygen atoms in total. The van der Waals surface area contributed by atoms with Crippen molar-refractivity contribution in [2.45, 2.75) is 0 Å². The maximum Gasteiger partial charge on any atom is 0.160 e. The quantitative estimate of drug-likeness (QED) is 0.168. The summed E-state index contributed by atoms with van der Waals surface area (Å²) in [5, 5.41) is 7.14. The van der Waals surface area contributed by atoms with Gasteiger partial charge in [0.25, 0.3) is 0 Å². The van der Waals surface area contributed by atoms with Crippen molar-refractivity contribution in [1.29, 1.82) is 0 Å². The first-order valence-electron chi connectivity index (χ1n) is 21.4. The average molecular weight is 804 g/mol. The molecule has 0 aliphatic rings. The Bertz CT molecular complexity index is 3820. The van der Waals surface area contributed by atoms with Crippen LogP contribution < -0.4 is 0 Å². The number of benzene rings is 9. The van der Waals surface area contributed by atoms with E-state index in [1.165, 1.54) is 32.6 Å². The number of hydrogen-bond acceptors (Lipinski definition) is 2. The van der Waals surface area contributed by atoms with Gasteiger partial charge in [-0.05, 0) is 66.7 Å². The van der Waals surface area contributed by atoms with Crippen molar-refractivity contribution in [3.63, 3.8) is 0 Å². The van der Waals surface area contributed by atoms with E-state index in [0.717, 1.165) is 78.0 Å². The fourth-order valence-electron chi connectivity index (χ4n) is 10.0. The second-order valence-electron chi connectivity index (χ2n) is 16.1. The fraction of sp³-hybridized carbons (Fsp3) is 0. The number of rotatable bonds is 6. The smallest absolute Gasteiger partial charge is 0.160 e. The summed E-state index contributed by atoms with van der Waals surface area (Å²) >= 11 is 0. The highest BCUT2D eigenvalue weighted by molar-refractivity contribution is 6.27. The Morgan fingerprint density at radius 3 is 1.44 bits per heavy atom. The van der Waals surface area contributed by atoms with Crippen molar-refractivity contribution < 1.29 is 0 Å². The Morgan fingerprint density at radius 2 is 0.778 bits per heavy atom. The molecule has 13 rings (SSSR count). The molecule has 0 radical (unpaired) electrons. The zero-order valence-corrected chi connectivity index (χ0v) is 34.1. The van der Waals surface area contributed by atoms with Gasteiger partial charge in [0, 0.05) is 60.4 Å². The van der Waals surface area contributed by atoms with E-state index in [0.29, 0.717) is 5.82 Å². The summed E-state index contributed by atoms with van der Waals surface area (Å²) in [6, 6.07) is 80.1. The van der Waals surface area contributed by atoms with E-state index >= 15 is 0 Å². The van der Waals surface area contributed by atoms with Crippen molar-refractivity contribution in [2.24, 2.45) is 0 Å². The minimum absolute atomic E-state index is 0.679. The van der Waals surface area contributed by atoms with Crippen molar-refractivity contribution in [3.8, 4) is 51.0 Å². The van der Waals surface area contributed by atoms with Crippen LogP contribution in [-0.4, -0.2) is 23.7 Å². The Morgan fingerprint density at radius 1 is 0.302 bits per heavy atom. The molecule has 9 aromatic carbocycles. The van der Waals surface area contributed by atoms with Crippen LogP contribution in [0.5, 0.6) is 0 Å². The predicted octanol–water partition coefficient (Wildman–Crippen LogP) is 14.8. The van der Waals surface area contributed by atoms with E-state index in [4.69, 9.17) is 9.97 Å². The molecule has 0 aliphatic heterocycles. The molecule has 0 saturated carbocycles. The first-order valence-corrected chi connectivity index (χ1v) is 21.4. The van der Waals surface area contributed by atoms with Gasteiger partial charge in [0.2, 0.25) is 0 Å². The second-order valence-corrected chi connectivity index (χ2v) is 16.1. The maximum absolute atomic E-state index is 5.56. The van der Waals surface area contributed by atoms with E-state index in [2.05, 4.69) is 232 Å².